The summed E-state index contributed by atoms with van der Waals surface area (Å²) in [7, 11) is 0. The number of carbonyl (C=O) groups excluding carboxylic acids is 1. The van der Waals surface area contributed by atoms with Crippen molar-refractivity contribution in [2.24, 2.45) is 0 Å². The smallest absolute Gasteiger partial charge is 0.322 e. The minimum atomic E-state index is -4.95. The Hall–Kier alpha value is -0.530. The standard InChI is InChI=1S/C11H5F6I2NO/c12-10(13,14)5-1-6(11(15,16)17)3-7(2-5)20-9(21)8(19)4-18/h1-4H,(H,20,21)/b8-4+. The molecule has 0 radical (unpaired) electrons. The number of hydrogen-bond donors (Lipinski definition) is 1. The fourth-order valence-electron chi connectivity index (χ4n) is 1.27. The second kappa shape index (κ2) is 6.71. The summed E-state index contributed by atoms with van der Waals surface area (Å²) in [5.41, 5.74) is -3.54. The van der Waals surface area contributed by atoms with E-state index in [1.165, 1.54) is 4.08 Å². The summed E-state index contributed by atoms with van der Waals surface area (Å²) in [6, 6.07) is 0.892. The van der Waals surface area contributed by atoms with E-state index in [0.29, 0.717) is 12.1 Å². The van der Waals surface area contributed by atoms with E-state index < -0.39 is 35.1 Å². The molecule has 1 rings (SSSR count). The summed E-state index contributed by atoms with van der Waals surface area (Å²) in [5.74, 6) is -0.794. The molecule has 0 spiro atoms. The molecule has 0 unspecified atom stereocenters. The van der Waals surface area contributed by atoms with Crippen molar-refractivity contribution >= 4 is 56.8 Å². The maximum absolute atomic E-state index is 12.6. The molecule has 0 aliphatic rings. The van der Waals surface area contributed by atoms with Gasteiger partial charge in [-0.25, -0.2) is 0 Å². The molecule has 116 valence electrons. The first-order valence-electron chi connectivity index (χ1n) is 5.02. The first kappa shape index (κ1) is 18.5. The van der Waals surface area contributed by atoms with Crippen molar-refractivity contribution in [2.75, 3.05) is 5.32 Å². The molecule has 1 aromatic rings. The summed E-state index contributed by atoms with van der Waals surface area (Å²) < 4.78 is 77.1. The van der Waals surface area contributed by atoms with Crippen LogP contribution in [0.4, 0.5) is 32.0 Å². The minimum absolute atomic E-state index is 0.00517. The second-order valence-electron chi connectivity index (χ2n) is 3.71. The fourth-order valence-corrected chi connectivity index (χ4v) is 1.69. The maximum Gasteiger partial charge on any atom is 0.416 e. The molecular formula is C11H5F6I2NO. The van der Waals surface area contributed by atoms with E-state index in [1.54, 1.807) is 45.2 Å². The normalized spacial score (nSPS) is 13.2. The first-order chi connectivity index (χ1) is 9.45. The summed E-state index contributed by atoms with van der Waals surface area (Å²) in [6.45, 7) is 0. The zero-order chi connectivity index (χ0) is 16.4. The molecule has 1 amide bonds. The van der Waals surface area contributed by atoms with E-state index in [0.717, 1.165) is 0 Å². The van der Waals surface area contributed by atoms with E-state index in [4.69, 9.17) is 0 Å². The van der Waals surface area contributed by atoms with Crippen LogP contribution in [0.25, 0.3) is 0 Å². The zero-order valence-electron chi connectivity index (χ0n) is 9.74. The van der Waals surface area contributed by atoms with Crippen molar-refractivity contribution < 1.29 is 31.1 Å². The Kier molecular flexibility index (Phi) is 5.91. The Balaban J connectivity index is 3.30. The predicted octanol–water partition coefficient (Wildman–Crippen LogP) is 5.37. The molecule has 0 atom stereocenters. The van der Waals surface area contributed by atoms with Crippen molar-refractivity contribution in [3.63, 3.8) is 0 Å². The number of hydrogen-bond acceptors (Lipinski definition) is 1. The number of rotatable bonds is 2. The van der Waals surface area contributed by atoms with Crippen LogP contribution in [0.2, 0.25) is 0 Å². The number of anilines is 1. The molecule has 1 aromatic carbocycles. The van der Waals surface area contributed by atoms with Gasteiger partial charge in [-0.05, 0) is 44.9 Å². The lowest BCUT2D eigenvalue weighted by molar-refractivity contribution is -0.143. The van der Waals surface area contributed by atoms with E-state index in [1.807, 2.05) is 5.32 Å². The van der Waals surface area contributed by atoms with Gasteiger partial charge in [0.1, 0.15) is 0 Å². The third-order valence-electron chi connectivity index (χ3n) is 2.16. The van der Waals surface area contributed by atoms with Crippen LogP contribution in [0.15, 0.2) is 25.9 Å². The lowest BCUT2D eigenvalue weighted by Gasteiger charge is -2.14. The summed E-state index contributed by atoms with van der Waals surface area (Å²) in [6.07, 6.45) is -9.90. The van der Waals surface area contributed by atoms with Crippen LogP contribution in [-0.4, -0.2) is 5.91 Å². The first-order valence-corrected chi connectivity index (χ1v) is 7.34. The number of amides is 1. The molecule has 0 aliphatic heterocycles. The van der Waals surface area contributed by atoms with Gasteiger partial charge in [0.05, 0.1) is 14.7 Å². The number of carbonyl (C=O) groups is 1. The molecule has 0 bridgehead atoms. The average molecular weight is 535 g/mol. The molecule has 0 aromatic heterocycles. The van der Waals surface area contributed by atoms with E-state index >= 15 is 0 Å². The summed E-state index contributed by atoms with van der Waals surface area (Å²) in [5, 5.41) is 2.00. The molecule has 0 fully saturated rings. The monoisotopic (exact) mass is 535 g/mol. The van der Waals surface area contributed by atoms with E-state index in [2.05, 4.69) is 0 Å². The van der Waals surface area contributed by atoms with Crippen LogP contribution in [0.1, 0.15) is 11.1 Å². The van der Waals surface area contributed by atoms with Crippen LogP contribution in [0.3, 0.4) is 0 Å². The van der Waals surface area contributed by atoms with Crippen molar-refractivity contribution in [3.05, 3.63) is 37.0 Å². The highest BCUT2D eigenvalue weighted by Gasteiger charge is 2.37. The highest BCUT2D eigenvalue weighted by Crippen LogP contribution is 2.37. The lowest BCUT2D eigenvalue weighted by Crippen LogP contribution is -2.15. The molecule has 0 saturated carbocycles. The number of alkyl halides is 6. The molecule has 2 nitrogen and oxygen atoms in total. The summed E-state index contributed by atoms with van der Waals surface area (Å²) >= 11 is 3.33. The van der Waals surface area contributed by atoms with Gasteiger partial charge in [-0.2, -0.15) is 26.3 Å². The van der Waals surface area contributed by atoms with Crippen LogP contribution in [0, 0.1) is 0 Å². The average Bonchev–Trinajstić information content (AvgIpc) is 2.35. The third kappa shape index (κ3) is 5.30. The zero-order valence-corrected chi connectivity index (χ0v) is 14.1. The molecule has 10 heteroatoms. The topological polar surface area (TPSA) is 29.1 Å². The Morgan fingerprint density at radius 2 is 1.43 bits per heavy atom. The molecule has 0 aliphatic carbocycles. The van der Waals surface area contributed by atoms with Gasteiger partial charge < -0.3 is 5.32 Å². The Morgan fingerprint density at radius 1 is 1.00 bits per heavy atom. The fraction of sp³-hybridized carbons (Fsp3) is 0.182. The van der Waals surface area contributed by atoms with E-state index in [9.17, 15) is 31.1 Å². The van der Waals surface area contributed by atoms with Crippen molar-refractivity contribution in [1.29, 1.82) is 0 Å². The van der Waals surface area contributed by atoms with Gasteiger partial charge in [0.2, 0.25) is 0 Å². The Morgan fingerprint density at radius 3 is 1.76 bits per heavy atom. The second-order valence-corrected chi connectivity index (χ2v) is 5.49. The van der Waals surface area contributed by atoms with Gasteiger partial charge in [-0.1, -0.05) is 22.6 Å². The number of benzene rings is 1. The Labute approximate surface area is 142 Å². The quantitative estimate of drug-likeness (QED) is 0.308. The van der Waals surface area contributed by atoms with Crippen molar-refractivity contribution in [1.82, 2.24) is 0 Å². The Bertz CT molecular complexity index is 547. The van der Waals surface area contributed by atoms with Crippen molar-refractivity contribution in [2.45, 2.75) is 12.4 Å². The van der Waals surface area contributed by atoms with Gasteiger partial charge in [-0.3, -0.25) is 4.79 Å². The minimum Gasteiger partial charge on any atom is -0.322 e. The lowest BCUT2D eigenvalue weighted by atomic mass is 10.1. The molecule has 1 N–H and O–H groups in total. The molecular weight excluding hydrogens is 530 g/mol. The van der Waals surface area contributed by atoms with Gasteiger partial charge in [0.15, 0.2) is 0 Å². The number of nitrogens with one attached hydrogen (secondary N) is 1. The van der Waals surface area contributed by atoms with Crippen molar-refractivity contribution in [3.8, 4) is 0 Å². The summed E-state index contributed by atoms with van der Waals surface area (Å²) in [4.78, 5) is 11.5. The highest BCUT2D eigenvalue weighted by atomic mass is 127. The predicted molar refractivity (Wildman–Crippen MR) is 81.2 cm³/mol. The van der Waals surface area contributed by atoms with Crippen LogP contribution in [-0.2, 0) is 17.1 Å². The number of halogens is 8. The van der Waals surface area contributed by atoms with Gasteiger partial charge in [-0.15, -0.1) is 0 Å². The molecule has 0 heterocycles. The highest BCUT2D eigenvalue weighted by molar-refractivity contribution is 14.1. The molecule has 0 saturated heterocycles. The van der Waals surface area contributed by atoms with Crippen LogP contribution in [0.5, 0.6) is 0 Å². The van der Waals surface area contributed by atoms with Gasteiger partial charge in [0, 0.05) is 5.69 Å². The maximum atomic E-state index is 12.6. The van der Waals surface area contributed by atoms with Crippen LogP contribution < -0.4 is 5.32 Å². The largest absolute Gasteiger partial charge is 0.416 e. The van der Waals surface area contributed by atoms with Crippen LogP contribution >= 0.6 is 45.2 Å². The third-order valence-corrected chi connectivity index (χ3v) is 4.77. The van der Waals surface area contributed by atoms with Gasteiger partial charge in [0.25, 0.3) is 5.91 Å². The van der Waals surface area contributed by atoms with E-state index in [-0.39, 0.29) is 9.65 Å². The SMILES string of the molecule is O=C(Nc1cc(C(F)(F)F)cc(C(F)(F)F)c1)/C(I)=C\I. The molecule has 21 heavy (non-hydrogen) atoms. The van der Waals surface area contributed by atoms with Gasteiger partial charge >= 0.3 is 12.4 Å².